The van der Waals surface area contributed by atoms with E-state index in [1.807, 2.05) is 42.5 Å². The van der Waals surface area contributed by atoms with Crippen molar-refractivity contribution < 1.29 is 14.6 Å². The second-order valence-electron chi connectivity index (χ2n) is 4.56. The lowest BCUT2D eigenvalue weighted by molar-refractivity contribution is 0.0696. The van der Waals surface area contributed by atoms with Crippen molar-refractivity contribution in [3.05, 3.63) is 69.8 Å². The first-order chi connectivity index (χ1) is 10.1. The van der Waals surface area contributed by atoms with Crippen LogP contribution >= 0.6 is 22.6 Å². The second kappa shape index (κ2) is 5.73. The van der Waals surface area contributed by atoms with Crippen molar-refractivity contribution in [1.82, 2.24) is 0 Å². The van der Waals surface area contributed by atoms with Crippen LogP contribution in [0.4, 0.5) is 0 Å². The number of hydrogen-bond donors (Lipinski definition) is 1. The molecule has 0 spiro atoms. The molecule has 0 unspecified atom stereocenters. The fourth-order valence-corrected chi connectivity index (χ4v) is 2.52. The number of carbonyl (C=O) groups is 1. The highest BCUT2D eigenvalue weighted by atomic mass is 127. The first kappa shape index (κ1) is 13.9. The molecule has 0 aliphatic heterocycles. The predicted octanol–water partition coefficient (Wildman–Crippen LogP) is 4.93. The summed E-state index contributed by atoms with van der Waals surface area (Å²) in [6.45, 7) is 0. The number of rotatable bonds is 3. The Balaban J connectivity index is 1.98. The normalized spacial score (nSPS) is 10.5. The maximum absolute atomic E-state index is 11.0. The van der Waals surface area contributed by atoms with E-state index in [4.69, 9.17) is 9.84 Å². The maximum atomic E-state index is 11.0. The van der Waals surface area contributed by atoms with Gasteiger partial charge in [-0.15, -0.1) is 0 Å². The molecule has 0 saturated carbocycles. The fraction of sp³-hybridized carbons (Fsp3) is 0. The minimum atomic E-state index is -0.963. The van der Waals surface area contributed by atoms with Gasteiger partial charge in [0, 0.05) is 0 Å². The summed E-state index contributed by atoms with van der Waals surface area (Å²) < 4.78 is 6.70. The van der Waals surface area contributed by atoms with Gasteiger partial charge in [0.05, 0.1) is 9.13 Å². The van der Waals surface area contributed by atoms with E-state index in [-0.39, 0.29) is 5.56 Å². The summed E-state index contributed by atoms with van der Waals surface area (Å²) in [6, 6.07) is 18.7. The molecule has 0 aromatic heterocycles. The van der Waals surface area contributed by atoms with E-state index in [1.165, 1.54) is 0 Å². The third-order valence-electron chi connectivity index (χ3n) is 3.13. The molecule has 0 fully saturated rings. The number of benzene rings is 3. The lowest BCUT2D eigenvalue weighted by atomic mass is 10.1. The van der Waals surface area contributed by atoms with Crippen molar-refractivity contribution in [2.75, 3.05) is 0 Å². The molecule has 21 heavy (non-hydrogen) atoms. The first-order valence-corrected chi connectivity index (χ1v) is 7.41. The molecule has 0 atom stereocenters. The van der Waals surface area contributed by atoms with Crippen LogP contribution in [0, 0.1) is 3.57 Å². The van der Waals surface area contributed by atoms with Crippen molar-refractivity contribution in [3.63, 3.8) is 0 Å². The summed E-state index contributed by atoms with van der Waals surface area (Å²) in [7, 11) is 0. The SMILES string of the molecule is O=C(O)c1ccc(I)c(Oc2ccc3ccccc3c2)c1. The van der Waals surface area contributed by atoms with Crippen molar-refractivity contribution in [2.24, 2.45) is 0 Å². The molecule has 3 aromatic rings. The van der Waals surface area contributed by atoms with E-state index in [0.29, 0.717) is 11.5 Å². The van der Waals surface area contributed by atoms with E-state index < -0.39 is 5.97 Å². The van der Waals surface area contributed by atoms with Gasteiger partial charge in [-0.3, -0.25) is 0 Å². The highest BCUT2D eigenvalue weighted by Crippen LogP contribution is 2.29. The zero-order valence-electron chi connectivity index (χ0n) is 10.9. The van der Waals surface area contributed by atoms with Gasteiger partial charge in [0.2, 0.25) is 0 Å². The summed E-state index contributed by atoms with van der Waals surface area (Å²) in [5, 5.41) is 11.3. The van der Waals surface area contributed by atoms with Crippen LogP contribution < -0.4 is 4.74 Å². The molecule has 0 saturated heterocycles. The number of hydrogen-bond acceptors (Lipinski definition) is 2. The molecule has 3 aromatic carbocycles. The zero-order valence-corrected chi connectivity index (χ0v) is 13.1. The molecular formula is C17H11IO3. The molecular weight excluding hydrogens is 379 g/mol. The van der Waals surface area contributed by atoms with Crippen LogP contribution in [0.3, 0.4) is 0 Å². The van der Waals surface area contributed by atoms with Gasteiger partial charge in [-0.25, -0.2) is 4.79 Å². The molecule has 0 radical (unpaired) electrons. The van der Waals surface area contributed by atoms with Crippen LogP contribution in [-0.2, 0) is 0 Å². The van der Waals surface area contributed by atoms with Crippen LogP contribution in [0.15, 0.2) is 60.7 Å². The number of carboxylic acid groups (broad SMARTS) is 1. The van der Waals surface area contributed by atoms with Gasteiger partial charge < -0.3 is 9.84 Å². The minimum absolute atomic E-state index is 0.214. The van der Waals surface area contributed by atoms with Gasteiger partial charge in [0.25, 0.3) is 0 Å². The third-order valence-corrected chi connectivity index (χ3v) is 4.02. The van der Waals surface area contributed by atoms with Gasteiger partial charge >= 0.3 is 5.97 Å². The molecule has 104 valence electrons. The first-order valence-electron chi connectivity index (χ1n) is 6.33. The number of aromatic carboxylic acids is 1. The largest absolute Gasteiger partial charge is 0.478 e. The number of ether oxygens (including phenoxy) is 1. The Kier molecular flexibility index (Phi) is 3.79. The fourth-order valence-electron chi connectivity index (χ4n) is 2.07. The Bertz CT molecular complexity index is 827. The Labute approximate surface area is 135 Å². The smallest absolute Gasteiger partial charge is 0.335 e. The number of fused-ring (bicyclic) bond motifs is 1. The third kappa shape index (κ3) is 3.00. The Morgan fingerprint density at radius 2 is 1.71 bits per heavy atom. The minimum Gasteiger partial charge on any atom is -0.478 e. The number of carboxylic acids is 1. The Morgan fingerprint density at radius 1 is 0.952 bits per heavy atom. The standard InChI is InChI=1S/C17H11IO3/c18-15-8-6-13(17(19)20)10-16(15)21-14-7-5-11-3-1-2-4-12(11)9-14/h1-10H,(H,19,20). The van der Waals surface area contributed by atoms with Gasteiger partial charge in [0.15, 0.2) is 0 Å². The average Bonchev–Trinajstić information content (AvgIpc) is 2.49. The summed E-state index contributed by atoms with van der Waals surface area (Å²) in [4.78, 5) is 11.0. The van der Waals surface area contributed by atoms with Crippen molar-refractivity contribution in [2.45, 2.75) is 0 Å². The molecule has 0 bridgehead atoms. The second-order valence-corrected chi connectivity index (χ2v) is 5.72. The van der Waals surface area contributed by atoms with E-state index in [2.05, 4.69) is 22.6 Å². The summed E-state index contributed by atoms with van der Waals surface area (Å²) >= 11 is 2.13. The predicted molar refractivity (Wildman–Crippen MR) is 90.1 cm³/mol. The van der Waals surface area contributed by atoms with Crippen molar-refractivity contribution in [3.8, 4) is 11.5 Å². The van der Waals surface area contributed by atoms with E-state index >= 15 is 0 Å². The lowest BCUT2D eigenvalue weighted by Gasteiger charge is -2.09. The van der Waals surface area contributed by atoms with Crippen molar-refractivity contribution >= 4 is 39.3 Å². The van der Waals surface area contributed by atoms with Crippen LogP contribution in [0.25, 0.3) is 10.8 Å². The monoisotopic (exact) mass is 390 g/mol. The molecule has 1 N–H and O–H groups in total. The summed E-state index contributed by atoms with van der Waals surface area (Å²) in [6.07, 6.45) is 0. The topological polar surface area (TPSA) is 46.5 Å². The molecule has 4 heteroatoms. The van der Waals surface area contributed by atoms with Gasteiger partial charge in [0.1, 0.15) is 11.5 Å². The Hall–Kier alpha value is -2.08. The zero-order chi connectivity index (χ0) is 14.8. The van der Waals surface area contributed by atoms with Gasteiger partial charge in [-0.05, 0) is 63.7 Å². The molecule has 3 nitrogen and oxygen atoms in total. The highest BCUT2D eigenvalue weighted by Gasteiger charge is 2.09. The van der Waals surface area contributed by atoms with Gasteiger partial charge in [-0.1, -0.05) is 30.3 Å². The molecule has 0 aliphatic rings. The summed E-state index contributed by atoms with van der Waals surface area (Å²) in [5.41, 5.74) is 0.214. The highest BCUT2D eigenvalue weighted by molar-refractivity contribution is 14.1. The molecule has 3 rings (SSSR count). The Morgan fingerprint density at radius 3 is 2.48 bits per heavy atom. The quantitative estimate of drug-likeness (QED) is 0.645. The van der Waals surface area contributed by atoms with Crippen LogP contribution in [0.5, 0.6) is 11.5 Å². The maximum Gasteiger partial charge on any atom is 0.335 e. The average molecular weight is 390 g/mol. The lowest BCUT2D eigenvalue weighted by Crippen LogP contribution is -1.97. The van der Waals surface area contributed by atoms with Crippen LogP contribution in [0.1, 0.15) is 10.4 Å². The summed E-state index contributed by atoms with van der Waals surface area (Å²) in [5.74, 6) is 0.273. The van der Waals surface area contributed by atoms with E-state index in [9.17, 15) is 4.79 Å². The molecule has 0 amide bonds. The van der Waals surface area contributed by atoms with Crippen molar-refractivity contribution in [1.29, 1.82) is 0 Å². The van der Waals surface area contributed by atoms with Gasteiger partial charge in [-0.2, -0.15) is 0 Å². The molecule has 0 heterocycles. The van der Waals surface area contributed by atoms with E-state index in [0.717, 1.165) is 14.3 Å². The van der Waals surface area contributed by atoms with E-state index in [1.54, 1.807) is 18.2 Å². The molecule has 0 aliphatic carbocycles. The van der Waals surface area contributed by atoms with Crippen LogP contribution in [-0.4, -0.2) is 11.1 Å². The number of halogens is 1. The van der Waals surface area contributed by atoms with Crippen LogP contribution in [0.2, 0.25) is 0 Å².